The lowest BCUT2D eigenvalue weighted by Crippen LogP contribution is -2.27. The van der Waals surface area contributed by atoms with Gasteiger partial charge in [0.2, 0.25) is 5.91 Å². The molecule has 0 saturated heterocycles. The molecule has 0 fully saturated rings. The highest BCUT2D eigenvalue weighted by molar-refractivity contribution is 8.00. The van der Waals surface area contributed by atoms with Crippen molar-refractivity contribution < 1.29 is 4.79 Å². The lowest BCUT2D eigenvalue weighted by atomic mass is 10.1. The Bertz CT molecular complexity index is 1160. The quantitative estimate of drug-likeness (QED) is 0.451. The highest BCUT2D eigenvalue weighted by Gasteiger charge is 2.20. The number of aromatic nitrogens is 2. The number of nitrogens with one attached hydrogen (secondary N) is 1. The van der Waals surface area contributed by atoms with Crippen molar-refractivity contribution in [1.82, 2.24) is 9.55 Å². The molecule has 154 valence electrons. The molecule has 30 heavy (non-hydrogen) atoms. The van der Waals surface area contributed by atoms with Crippen LogP contribution >= 0.6 is 11.8 Å². The Kier molecular flexibility index (Phi) is 6.91. The first-order valence-electron chi connectivity index (χ1n) is 9.87. The van der Waals surface area contributed by atoms with E-state index in [0.717, 1.165) is 6.42 Å². The average molecular weight is 421 g/mol. The third-order valence-corrected chi connectivity index (χ3v) is 5.80. The van der Waals surface area contributed by atoms with Gasteiger partial charge in [0.15, 0.2) is 5.16 Å². The van der Waals surface area contributed by atoms with Gasteiger partial charge < -0.3 is 5.32 Å². The molecule has 0 spiro atoms. The van der Waals surface area contributed by atoms with Crippen molar-refractivity contribution in [1.29, 1.82) is 5.26 Å². The predicted octanol–water partition coefficient (Wildman–Crippen LogP) is 4.43. The van der Waals surface area contributed by atoms with E-state index in [1.165, 1.54) is 11.8 Å². The summed E-state index contributed by atoms with van der Waals surface area (Å²) in [5.41, 5.74) is 1.40. The van der Waals surface area contributed by atoms with E-state index < -0.39 is 5.25 Å². The van der Waals surface area contributed by atoms with Crippen LogP contribution in [0.3, 0.4) is 0 Å². The molecule has 7 heteroatoms. The minimum absolute atomic E-state index is 0.0915. The van der Waals surface area contributed by atoms with Crippen LogP contribution in [0.1, 0.15) is 32.8 Å². The summed E-state index contributed by atoms with van der Waals surface area (Å²) in [5.74, 6) is 0.185. The van der Waals surface area contributed by atoms with Crippen LogP contribution in [0.25, 0.3) is 10.9 Å². The number of thioether (sulfide) groups is 1. The first-order valence-corrected chi connectivity index (χ1v) is 10.7. The van der Waals surface area contributed by atoms with Crippen LogP contribution in [0.2, 0.25) is 0 Å². The Morgan fingerprint density at radius 3 is 2.60 bits per heavy atom. The molecule has 0 saturated carbocycles. The number of fused-ring (bicyclic) bond motifs is 1. The van der Waals surface area contributed by atoms with Crippen molar-refractivity contribution in [2.24, 2.45) is 5.92 Å². The van der Waals surface area contributed by atoms with Gasteiger partial charge in [0, 0.05) is 6.54 Å². The van der Waals surface area contributed by atoms with Crippen molar-refractivity contribution in [2.75, 3.05) is 5.32 Å². The number of carbonyl (C=O) groups excluding carboxylic acids is 1. The Hall–Kier alpha value is -3.11. The van der Waals surface area contributed by atoms with E-state index in [4.69, 9.17) is 0 Å². The predicted molar refractivity (Wildman–Crippen MR) is 121 cm³/mol. The number of para-hydroxylation sites is 2. The number of carbonyl (C=O) groups is 1. The highest BCUT2D eigenvalue weighted by atomic mass is 32.2. The summed E-state index contributed by atoms with van der Waals surface area (Å²) in [4.78, 5) is 30.5. The van der Waals surface area contributed by atoms with Crippen molar-refractivity contribution >= 4 is 34.3 Å². The summed E-state index contributed by atoms with van der Waals surface area (Å²) >= 11 is 1.25. The van der Waals surface area contributed by atoms with Gasteiger partial charge in [-0.1, -0.05) is 49.9 Å². The van der Waals surface area contributed by atoms with Gasteiger partial charge >= 0.3 is 0 Å². The summed E-state index contributed by atoms with van der Waals surface area (Å²) in [6, 6.07) is 16.2. The number of anilines is 1. The maximum absolute atomic E-state index is 13.1. The van der Waals surface area contributed by atoms with Crippen LogP contribution in [0, 0.1) is 17.2 Å². The zero-order valence-corrected chi connectivity index (χ0v) is 18.1. The molecule has 0 aliphatic carbocycles. The lowest BCUT2D eigenvalue weighted by Gasteiger charge is -2.17. The summed E-state index contributed by atoms with van der Waals surface area (Å²) in [5, 5.41) is 12.6. The Balaban J connectivity index is 1.89. The van der Waals surface area contributed by atoms with Crippen LogP contribution in [0.15, 0.2) is 58.5 Å². The van der Waals surface area contributed by atoms with Gasteiger partial charge in [-0.05, 0) is 43.5 Å². The van der Waals surface area contributed by atoms with Crippen LogP contribution in [-0.2, 0) is 11.3 Å². The molecule has 0 radical (unpaired) electrons. The van der Waals surface area contributed by atoms with Crippen LogP contribution < -0.4 is 10.9 Å². The molecule has 2 aromatic carbocycles. The second-order valence-electron chi connectivity index (χ2n) is 7.46. The van der Waals surface area contributed by atoms with Gasteiger partial charge in [-0.25, -0.2) is 4.98 Å². The maximum Gasteiger partial charge on any atom is 0.262 e. The summed E-state index contributed by atoms with van der Waals surface area (Å²) in [6.45, 7) is 6.52. The van der Waals surface area contributed by atoms with Gasteiger partial charge in [-0.3, -0.25) is 14.2 Å². The van der Waals surface area contributed by atoms with Crippen molar-refractivity contribution in [3.8, 4) is 6.07 Å². The minimum Gasteiger partial charge on any atom is -0.324 e. The zero-order valence-electron chi connectivity index (χ0n) is 17.3. The Morgan fingerprint density at radius 1 is 1.17 bits per heavy atom. The number of nitrogens with zero attached hydrogens (tertiary/aromatic N) is 3. The minimum atomic E-state index is -0.505. The molecule has 3 aromatic rings. The molecule has 0 unspecified atom stereocenters. The number of hydrogen-bond acceptors (Lipinski definition) is 5. The molecule has 1 N–H and O–H groups in total. The maximum atomic E-state index is 13.1. The molecule has 0 aliphatic rings. The van der Waals surface area contributed by atoms with Crippen molar-refractivity contribution in [3.63, 3.8) is 0 Å². The van der Waals surface area contributed by atoms with E-state index in [0.29, 0.717) is 39.8 Å². The smallest absolute Gasteiger partial charge is 0.262 e. The zero-order chi connectivity index (χ0) is 21.7. The first-order chi connectivity index (χ1) is 14.4. The fourth-order valence-electron chi connectivity index (χ4n) is 2.96. The summed E-state index contributed by atoms with van der Waals surface area (Å²) < 4.78 is 1.67. The van der Waals surface area contributed by atoms with E-state index in [1.807, 2.05) is 18.2 Å². The number of rotatable bonds is 7. The standard InChI is InChI=1S/C23H24N4O2S/c1-15(2)12-13-27-22(29)18-9-5-7-11-20(18)26-23(27)30-16(3)21(28)25-19-10-6-4-8-17(19)14-24/h4-11,15-16H,12-13H2,1-3H3,(H,25,28)/t16-/m1/s1. The molecule has 1 atom stereocenters. The monoisotopic (exact) mass is 420 g/mol. The number of hydrogen-bond donors (Lipinski definition) is 1. The van der Waals surface area contributed by atoms with Gasteiger partial charge in [0.1, 0.15) is 6.07 Å². The van der Waals surface area contributed by atoms with E-state index in [-0.39, 0.29) is 11.5 Å². The summed E-state index contributed by atoms with van der Waals surface area (Å²) in [7, 11) is 0. The Morgan fingerprint density at radius 2 is 1.87 bits per heavy atom. The molecule has 3 rings (SSSR count). The third kappa shape index (κ3) is 4.89. The molecule has 0 aliphatic heterocycles. The second kappa shape index (κ2) is 9.59. The molecular formula is C23H24N4O2S. The second-order valence-corrected chi connectivity index (χ2v) is 8.77. The van der Waals surface area contributed by atoms with Crippen molar-refractivity contribution in [2.45, 2.75) is 44.1 Å². The van der Waals surface area contributed by atoms with Crippen LogP contribution in [-0.4, -0.2) is 20.7 Å². The largest absolute Gasteiger partial charge is 0.324 e. The summed E-state index contributed by atoms with van der Waals surface area (Å²) in [6.07, 6.45) is 0.837. The van der Waals surface area contributed by atoms with Gasteiger partial charge in [0.05, 0.1) is 27.4 Å². The van der Waals surface area contributed by atoms with Gasteiger partial charge in [-0.2, -0.15) is 5.26 Å². The molecule has 1 heterocycles. The van der Waals surface area contributed by atoms with E-state index in [1.54, 1.807) is 41.8 Å². The lowest BCUT2D eigenvalue weighted by molar-refractivity contribution is -0.115. The Labute approximate surface area is 179 Å². The number of benzene rings is 2. The topological polar surface area (TPSA) is 87.8 Å². The number of nitriles is 1. The van der Waals surface area contributed by atoms with Gasteiger partial charge in [-0.15, -0.1) is 0 Å². The average Bonchev–Trinajstić information content (AvgIpc) is 2.73. The number of amides is 1. The van der Waals surface area contributed by atoms with Gasteiger partial charge in [0.25, 0.3) is 5.56 Å². The fraction of sp³-hybridized carbons (Fsp3) is 0.304. The SMILES string of the molecule is CC(C)CCn1c(S[C@H](C)C(=O)Nc2ccccc2C#N)nc2ccccc2c1=O. The normalized spacial score (nSPS) is 12.0. The van der Waals surface area contributed by atoms with E-state index in [2.05, 4.69) is 30.2 Å². The molecule has 1 amide bonds. The van der Waals surface area contributed by atoms with E-state index in [9.17, 15) is 14.9 Å². The fourth-order valence-corrected chi connectivity index (χ4v) is 3.89. The molecular weight excluding hydrogens is 396 g/mol. The first kappa shape index (κ1) is 21.6. The highest BCUT2D eigenvalue weighted by Crippen LogP contribution is 2.25. The van der Waals surface area contributed by atoms with Crippen LogP contribution in [0.5, 0.6) is 0 Å². The molecule has 6 nitrogen and oxygen atoms in total. The third-order valence-electron chi connectivity index (χ3n) is 4.71. The molecule has 0 bridgehead atoms. The molecule has 1 aromatic heterocycles. The van der Waals surface area contributed by atoms with Crippen LogP contribution in [0.4, 0.5) is 5.69 Å². The van der Waals surface area contributed by atoms with E-state index >= 15 is 0 Å². The van der Waals surface area contributed by atoms with Crippen molar-refractivity contribution in [3.05, 3.63) is 64.4 Å².